The fourth-order valence-electron chi connectivity index (χ4n) is 2.61. The number of pyridine rings is 1. The van der Waals surface area contributed by atoms with Crippen LogP contribution in [0.5, 0.6) is 0 Å². The smallest absolute Gasteiger partial charge is 0.365 e. The molecule has 0 aliphatic heterocycles. The third kappa shape index (κ3) is 5.01. The standard InChI is InChI=1S/C20H18F3N5O/c1-3-18(29)27-15-8-16(17-11-28(2)12-26-17)19(25-10-15)24-9-13-4-6-14(7-5-13)20(21,22)23/h3-8,10-12H,1,9H2,2H3,(H,24,25)(H,27,29). The molecule has 3 rings (SSSR count). The number of amides is 1. The zero-order chi connectivity index (χ0) is 21.0. The van der Waals surface area contributed by atoms with Gasteiger partial charge < -0.3 is 15.2 Å². The van der Waals surface area contributed by atoms with Gasteiger partial charge in [0.05, 0.1) is 29.5 Å². The van der Waals surface area contributed by atoms with E-state index in [9.17, 15) is 18.0 Å². The van der Waals surface area contributed by atoms with Gasteiger partial charge in [0.1, 0.15) is 5.82 Å². The Labute approximate surface area is 165 Å². The first-order valence-electron chi connectivity index (χ1n) is 8.58. The van der Waals surface area contributed by atoms with E-state index in [1.807, 2.05) is 7.05 Å². The minimum Gasteiger partial charge on any atom is -0.365 e. The molecule has 2 N–H and O–H groups in total. The number of hydrogen-bond acceptors (Lipinski definition) is 4. The van der Waals surface area contributed by atoms with Crippen LogP contribution in [-0.4, -0.2) is 20.4 Å². The van der Waals surface area contributed by atoms with Gasteiger partial charge in [0.25, 0.3) is 0 Å². The number of aromatic nitrogens is 3. The summed E-state index contributed by atoms with van der Waals surface area (Å²) in [6, 6.07) is 6.62. The molecule has 0 radical (unpaired) electrons. The van der Waals surface area contributed by atoms with Crippen molar-refractivity contribution in [3.05, 3.63) is 72.8 Å². The summed E-state index contributed by atoms with van der Waals surface area (Å²) in [6.07, 6.45) is 1.68. The molecule has 6 nitrogen and oxygen atoms in total. The third-order valence-corrected chi connectivity index (χ3v) is 4.06. The molecular weight excluding hydrogens is 383 g/mol. The molecule has 0 saturated carbocycles. The van der Waals surface area contributed by atoms with Gasteiger partial charge in [-0.1, -0.05) is 18.7 Å². The first-order valence-corrected chi connectivity index (χ1v) is 8.58. The first kappa shape index (κ1) is 20.1. The summed E-state index contributed by atoms with van der Waals surface area (Å²) in [5.74, 6) is 0.115. The van der Waals surface area contributed by atoms with Crippen molar-refractivity contribution >= 4 is 17.4 Å². The van der Waals surface area contributed by atoms with Crippen LogP contribution in [0.2, 0.25) is 0 Å². The average Bonchev–Trinajstić information content (AvgIpc) is 3.12. The van der Waals surface area contributed by atoms with E-state index in [-0.39, 0.29) is 12.5 Å². The second-order valence-corrected chi connectivity index (χ2v) is 6.29. The molecule has 0 bridgehead atoms. The van der Waals surface area contributed by atoms with Gasteiger partial charge in [-0.15, -0.1) is 0 Å². The van der Waals surface area contributed by atoms with Crippen LogP contribution in [0.25, 0.3) is 11.3 Å². The molecule has 29 heavy (non-hydrogen) atoms. The van der Waals surface area contributed by atoms with Crippen molar-refractivity contribution in [2.45, 2.75) is 12.7 Å². The van der Waals surface area contributed by atoms with E-state index in [0.717, 1.165) is 18.2 Å². The lowest BCUT2D eigenvalue weighted by atomic mass is 10.1. The lowest BCUT2D eigenvalue weighted by molar-refractivity contribution is -0.137. The Bertz CT molecular complexity index is 1030. The van der Waals surface area contributed by atoms with Crippen LogP contribution in [-0.2, 0) is 24.6 Å². The van der Waals surface area contributed by atoms with Crippen molar-refractivity contribution < 1.29 is 18.0 Å². The molecule has 0 saturated heterocycles. The van der Waals surface area contributed by atoms with E-state index >= 15 is 0 Å². The molecule has 150 valence electrons. The maximum Gasteiger partial charge on any atom is 0.416 e. The molecule has 1 amide bonds. The summed E-state index contributed by atoms with van der Waals surface area (Å²) in [7, 11) is 1.82. The number of nitrogens with zero attached hydrogens (tertiary/aromatic N) is 3. The van der Waals surface area contributed by atoms with Gasteiger partial charge in [-0.05, 0) is 29.8 Å². The molecule has 0 fully saturated rings. The lowest BCUT2D eigenvalue weighted by Crippen LogP contribution is -2.09. The Morgan fingerprint density at radius 2 is 1.97 bits per heavy atom. The normalized spacial score (nSPS) is 11.2. The number of carbonyl (C=O) groups is 1. The summed E-state index contributed by atoms with van der Waals surface area (Å²) in [4.78, 5) is 20.2. The number of alkyl halides is 3. The van der Waals surface area contributed by atoms with E-state index < -0.39 is 11.7 Å². The van der Waals surface area contributed by atoms with Crippen LogP contribution in [0, 0.1) is 0 Å². The fourth-order valence-corrected chi connectivity index (χ4v) is 2.61. The number of hydrogen-bond donors (Lipinski definition) is 2. The van der Waals surface area contributed by atoms with Crippen LogP contribution in [0.3, 0.4) is 0 Å². The van der Waals surface area contributed by atoms with Crippen LogP contribution in [0.15, 0.2) is 61.7 Å². The Kier molecular flexibility index (Phi) is 5.67. The maximum absolute atomic E-state index is 12.7. The number of imidazole rings is 1. The molecular formula is C20H18F3N5O. The molecule has 2 heterocycles. The Hall–Kier alpha value is -3.62. The number of carbonyl (C=O) groups excluding carboxylic acids is 1. The average molecular weight is 401 g/mol. The molecule has 0 aliphatic rings. The topological polar surface area (TPSA) is 71.8 Å². The highest BCUT2D eigenvalue weighted by Crippen LogP contribution is 2.30. The van der Waals surface area contributed by atoms with Gasteiger partial charge in [0.15, 0.2) is 0 Å². The zero-order valence-electron chi connectivity index (χ0n) is 15.5. The number of rotatable bonds is 6. The number of anilines is 2. The highest BCUT2D eigenvalue weighted by Gasteiger charge is 2.29. The lowest BCUT2D eigenvalue weighted by Gasteiger charge is -2.13. The third-order valence-electron chi connectivity index (χ3n) is 4.06. The van der Waals surface area contributed by atoms with Gasteiger partial charge in [0, 0.05) is 25.4 Å². The molecule has 9 heteroatoms. The summed E-state index contributed by atoms with van der Waals surface area (Å²) in [6.45, 7) is 3.68. The molecule has 3 aromatic rings. The van der Waals surface area contributed by atoms with E-state index in [0.29, 0.717) is 28.3 Å². The predicted molar refractivity (Wildman–Crippen MR) is 104 cm³/mol. The summed E-state index contributed by atoms with van der Waals surface area (Å²) in [5, 5.41) is 5.76. The van der Waals surface area contributed by atoms with Crippen LogP contribution in [0.4, 0.5) is 24.7 Å². The minimum absolute atomic E-state index is 0.267. The fraction of sp³-hybridized carbons (Fsp3) is 0.150. The van der Waals surface area contributed by atoms with Gasteiger partial charge in [0.2, 0.25) is 5.91 Å². The van der Waals surface area contributed by atoms with Crippen molar-refractivity contribution in [2.24, 2.45) is 7.05 Å². The highest BCUT2D eigenvalue weighted by molar-refractivity contribution is 5.99. The summed E-state index contributed by atoms with van der Waals surface area (Å²) >= 11 is 0. The Balaban J connectivity index is 1.84. The number of aryl methyl sites for hydroxylation is 1. The first-order chi connectivity index (χ1) is 13.8. The van der Waals surface area contributed by atoms with Gasteiger partial charge in [-0.2, -0.15) is 13.2 Å². The van der Waals surface area contributed by atoms with E-state index in [1.54, 1.807) is 23.2 Å². The van der Waals surface area contributed by atoms with E-state index in [2.05, 4.69) is 27.2 Å². The van der Waals surface area contributed by atoms with Gasteiger partial charge in [-0.3, -0.25) is 4.79 Å². The Morgan fingerprint density at radius 1 is 1.24 bits per heavy atom. The number of benzene rings is 1. The molecule has 0 aliphatic carbocycles. The minimum atomic E-state index is -4.37. The van der Waals surface area contributed by atoms with Crippen molar-refractivity contribution in [2.75, 3.05) is 10.6 Å². The maximum atomic E-state index is 12.7. The predicted octanol–water partition coefficient (Wildman–Crippen LogP) is 4.24. The van der Waals surface area contributed by atoms with E-state index in [4.69, 9.17) is 0 Å². The van der Waals surface area contributed by atoms with Crippen molar-refractivity contribution in [1.82, 2.24) is 14.5 Å². The molecule has 1 aromatic carbocycles. The van der Waals surface area contributed by atoms with Crippen LogP contribution in [0.1, 0.15) is 11.1 Å². The number of nitrogens with one attached hydrogen (secondary N) is 2. The number of halogens is 3. The molecule has 0 spiro atoms. The van der Waals surface area contributed by atoms with Crippen molar-refractivity contribution in [3.8, 4) is 11.3 Å². The second kappa shape index (κ2) is 8.17. The van der Waals surface area contributed by atoms with Crippen LogP contribution >= 0.6 is 0 Å². The van der Waals surface area contributed by atoms with Gasteiger partial charge >= 0.3 is 6.18 Å². The quantitative estimate of drug-likeness (QED) is 0.606. The van der Waals surface area contributed by atoms with Crippen molar-refractivity contribution in [1.29, 1.82) is 0 Å². The van der Waals surface area contributed by atoms with E-state index in [1.165, 1.54) is 18.3 Å². The van der Waals surface area contributed by atoms with Crippen molar-refractivity contribution in [3.63, 3.8) is 0 Å². The SMILES string of the molecule is C=CC(=O)Nc1cnc(NCc2ccc(C(F)(F)F)cc2)c(-c2cn(C)cn2)c1. The zero-order valence-corrected chi connectivity index (χ0v) is 15.5. The monoisotopic (exact) mass is 401 g/mol. The summed E-state index contributed by atoms with van der Waals surface area (Å²) in [5.41, 5.74) is 1.70. The molecule has 2 aromatic heterocycles. The highest BCUT2D eigenvalue weighted by atomic mass is 19.4. The molecule has 0 unspecified atom stereocenters. The Morgan fingerprint density at radius 3 is 2.55 bits per heavy atom. The summed E-state index contributed by atoms with van der Waals surface area (Å²) < 4.78 is 39.9. The largest absolute Gasteiger partial charge is 0.416 e. The second-order valence-electron chi connectivity index (χ2n) is 6.29. The molecule has 0 atom stereocenters. The van der Waals surface area contributed by atoms with Crippen LogP contribution < -0.4 is 10.6 Å². The van der Waals surface area contributed by atoms with Gasteiger partial charge in [-0.25, -0.2) is 9.97 Å².